The van der Waals surface area contributed by atoms with Gasteiger partial charge in [-0.15, -0.1) is 6.58 Å². The quantitative estimate of drug-likeness (QED) is 0.441. The molecule has 0 aromatic rings. The molecule has 0 heterocycles. The SMILES string of the molecule is C=CCCCCCCCC(N)C1CC1. The molecule has 0 aromatic heterocycles. The van der Waals surface area contributed by atoms with Crippen LogP contribution in [-0.2, 0) is 0 Å². The molecule has 0 saturated heterocycles. The summed E-state index contributed by atoms with van der Waals surface area (Å²) < 4.78 is 0. The number of unbranched alkanes of at least 4 members (excludes halogenated alkanes) is 5. The van der Waals surface area contributed by atoms with Crippen LogP contribution < -0.4 is 5.73 Å². The molecular formula is C13H25N. The van der Waals surface area contributed by atoms with E-state index >= 15 is 0 Å². The third-order valence-corrected chi connectivity index (χ3v) is 3.17. The number of hydrogen-bond donors (Lipinski definition) is 1. The maximum Gasteiger partial charge on any atom is 0.00671 e. The van der Waals surface area contributed by atoms with E-state index in [-0.39, 0.29) is 0 Å². The molecule has 0 spiro atoms. The summed E-state index contributed by atoms with van der Waals surface area (Å²) in [6.45, 7) is 3.73. The monoisotopic (exact) mass is 195 g/mol. The van der Waals surface area contributed by atoms with Crippen LogP contribution in [0.25, 0.3) is 0 Å². The van der Waals surface area contributed by atoms with Gasteiger partial charge in [-0.3, -0.25) is 0 Å². The van der Waals surface area contributed by atoms with Gasteiger partial charge in [0, 0.05) is 6.04 Å². The van der Waals surface area contributed by atoms with Crippen molar-refractivity contribution in [3.63, 3.8) is 0 Å². The molecule has 0 aromatic carbocycles. The van der Waals surface area contributed by atoms with E-state index in [9.17, 15) is 0 Å². The van der Waals surface area contributed by atoms with Gasteiger partial charge in [-0.25, -0.2) is 0 Å². The predicted octanol–water partition coefficient (Wildman–Crippen LogP) is 3.64. The van der Waals surface area contributed by atoms with Crippen LogP contribution in [0.1, 0.15) is 57.8 Å². The summed E-state index contributed by atoms with van der Waals surface area (Å²) in [6.07, 6.45) is 14.0. The molecule has 0 radical (unpaired) electrons. The first-order chi connectivity index (χ1) is 6.84. The van der Waals surface area contributed by atoms with Crippen molar-refractivity contribution in [3.8, 4) is 0 Å². The largest absolute Gasteiger partial charge is 0.327 e. The Balaban J connectivity index is 1.77. The molecule has 1 heteroatoms. The van der Waals surface area contributed by atoms with Crippen LogP contribution >= 0.6 is 0 Å². The minimum absolute atomic E-state index is 0.517. The van der Waals surface area contributed by atoms with Crippen LogP contribution in [0, 0.1) is 5.92 Å². The highest BCUT2D eigenvalue weighted by Crippen LogP contribution is 2.33. The van der Waals surface area contributed by atoms with Gasteiger partial charge in [-0.2, -0.15) is 0 Å². The lowest BCUT2D eigenvalue weighted by molar-refractivity contribution is 0.501. The summed E-state index contributed by atoms with van der Waals surface area (Å²) in [5.74, 6) is 0.885. The summed E-state index contributed by atoms with van der Waals surface area (Å²) in [5.41, 5.74) is 6.03. The third-order valence-electron chi connectivity index (χ3n) is 3.17. The van der Waals surface area contributed by atoms with E-state index in [1.54, 1.807) is 0 Å². The molecule has 14 heavy (non-hydrogen) atoms. The van der Waals surface area contributed by atoms with E-state index < -0.39 is 0 Å². The average molecular weight is 195 g/mol. The van der Waals surface area contributed by atoms with Gasteiger partial charge in [0.05, 0.1) is 0 Å². The first-order valence-corrected chi connectivity index (χ1v) is 6.21. The summed E-state index contributed by atoms with van der Waals surface area (Å²) in [4.78, 5) is 0. The van der Waals surface area contributed by atoms with Crippen LogP contribution in [0.3, 0.4) is 0 Å². The van der Waals surface area contributed by atoms with Crippen LogP contribution in [-0.4, -0.2) is 6.04 Å². The van der Waals surface area contributed by atoms with Gasteiger partial charge in [-0.05, 0) is 38.0 Å². The Morgan fingerprint density at radius 2 is 1.79 bits per heavy atom. The van der Waals surface area contributed by atoms with Gasteiger partial charge in [0.2, 0.25) is 0 Å². The zero-order valence-corrected chi connectivity index (χ0v) is 9.38. The minimum atomic E-state index is 0.517. The molecule has 0 bridgehead atoms. The summed E-state index contributed by atoms with van der Waals surface area (Å²) in [5, 5.41) is 0. The van der Waals surface area contributed by atoms with E-state index in [1.165, 1.54) is 57.8 Å². The normalized spacial score (nSPS) is 18.1. The highest BCUT2D eigenvalue weighted by atomic mass is 14.7. The molecule has 1 rings (SSSR count). The molecule has 82 valence electrons. The minimum Gasteiger partial charge on any atom is -0.327 e. The van der Waals surface area contributed by atoms with Gasteiger partial charge < -0.3 is 5.73 Å². The number of hydrogen-bond acceptors (Lipinski definition) is 1. The Labute approximate surface area is 88.8 Å². The molecule has 1 aliphatic rings. The Hall–Kier alpha value is -0.300. The Bertz CT molecular complexity index is 149. The fraction of sp³-hybridized carbons (Fsp3) is 0.846. The molecule has 1 saturated carbocycles. The van der Waals surface area contributed by atoms with Gasteiger partial charge in [0.15, 0.2) is 0 Å². The van der Waals surface area contributed by atoms with Crippen LogP contribution in [0.5, 0.6) is 0 Å². The van der Waals surface area contributed by atoms with Crippen molar-refractivity contribution in [1.82, 2.24) is 0 Å². The number of nitrogens with two attached hydrogens (primary N) is 1. The Morgan fingerprint density at radius 1 is 1.14 bits per heavy atom. The van der Waals surface area contributed by atoms with E-state index in [1.807, 2.05) is 6.08 Å². The lowest BCUT2D eigenvalue weighted by Gasteiger charge is -2.08. The van der Waals surface area contributed by atoms with Crippen molar-refractivity contribution >= 4 is 0 Å². The van der Waals surface area contributed by atoms with Gasteiger partial charge in [0.25, 0.3) is 0 Å². The van der Waals surface area contributed by atoms with Crippen molar-refractivity contribution < 1.29 is 0 Å². The molecule has 0 amide bonds. The summed E-state index contributed by atoms with van der Waals surface area (Å²) >= 11 is 0. The van der Waals surface area contributed by atoms with E-state index in [4.69, 9.17) is 5.73 Å². The van der Waals surface area contributed by atoms with Crippen molar-refractivity contribution in [2.24, 2.45) is 11.7 Å². The second-order valence-electron chi connectivity index (χ2n) is 4.64. The summed E-state index contributed by atoms with van der Waals surface area (Å²) in [6, 6.07) is 0.517. The van der Waals surface area contributed by atoms with E-state index in [0.717, 1.165) is 5.92 Å². The van der Waals surface area contributed by atoms with Crippen LogP contribution in [0.4, 0.5) is 0 Å². The Kier molecular flexibility index (Phi) is 5.93. The van der Waals surface area contributed by atoms with Crippen molar-refractivity contribution in [2.75, 3.05) is 0 Å². The second kappa shape index (κ2) is 7.05. The fourth-order valence-corrected chi connectivity index (χ4v) is 1.96. The maximum absolute atomic E-state index is 6.03. The molecule has 0 aliphatic heterocycles. The molecule has 1 aliphatic carbocycles. The van der Waals surface area contributed by atoms with Gasteiger partial charge in [0.1, 0.15) is 0 Å². The molecule has 2 N–H and O–H groups in total. The highest BCUT2D eigenvalue weighted by molar-refractivity contribution is 4.83. The molecule has 1 fully saturated rings. The van der Waals surface area contributed by atoms with Crippen molar-refractivity contribution in [1.29, 1.82) is 0 Å². The predicted molar refractivity (Wildman–Crippen MR) is 63.2 cm³/mol. The number of allylic oxidation sites excluding steroid dienone is 1. The second-order valence-corrected chi connectivity index (χ2v) is 4.64. The zero-order valence-electron chi connectivity index (χ0n) is 9.38. The van der Waals surface area contributed by atoms with Crippen LogP contribution in [0.15, 0.2) is 12.7 Å². The average Bonchev–Trinajstić information content (AvgIpc) is 2.99. The Morgan fingerprint density at radius 3 is 2.43 bits per heavy atom. The van der Waals surface area contributed by atoms with E-state index in [0.29, 0.717) is 6.04 Å². The smallest absolute Gasteiger partial charge is 0.00671 e. The molecular weight excluding hydrogens is 170 g/mol. The van der Waals surface area contributed by atoms with Gasteiger partial charge in [-0.1, -0.05) is 31.8 Å². The van der Waals surface area contributed by atoms with Crippen molar-refractivity contribution in [3.05, 3.63) is 12.7 Å². The molecule has 1 unspecified atom stereocenters. The van der Waals surface area contributed by atoms with E-state index in [2.05, 4.69) is 6.58 Å². The lowest BCUT2D eigenvalue weighted by Crippen LogP contribution is -2.21. The van der Waals surface area contributed by atoms with Crippen molar-refractivity contribution in [2.45, 2.75) is 63.8 Å². The topological polar surface area (TPSA) is 26.0 Å². The first kappa shape index (κ1) is 11.8. The highest BCUT2D eigenvalue weighted by Gasteiger charge is 2.27. The first-order valence-electron chi connectivity index (χ1n) is 6.21. The zero-order chi connectivity index (χ0) is 10.2. The van der Waals surface area contributed by atoms with Gasteiger partial charge >= 0.3 is 0 Å². The fourth-order valence-electron chi connectivity index (χ4n) is 1.96. The lowest BCUT2D eigenvalue weighted by atomic mass is 10.0. The standard InChI is InChI=1S/C13H25N/c1-2-3-4-5-6-7-8-9-13(14)12-10-11-12/h2,12-13H,1,3-11,14H2. The van der Waals surface area contributed by atoms with Crippen LogP contribution in [0.2, 0.25) is 0 Å². The maximum atomic E-state index is 6.03. The summed E-state index contributed by atoms with van der Waals surface area (Å²) in [7, 11) is 0. The molecule has 1 atom stereocenters. The third kappa shape index (κ3) is 5.43. The molecule has 1 nitrogen and oxygen atoms in total. The number of rotatable bonds is 9.